The number of hydrogen-bond donors (Lipinski definition) is 1. The first-order chi connectivity index (χ1) is 8.97. The van der Waals surface area contributed by atoms with Gasteiger partial charge in [-0.15, -0.1) is 0 Å². The fourth-order valence-electron chi connectivity index (χ4n) is 1.54. The van der Waals surface area contributed by atoms with Crippen LogP contribution >= 0.6 is 23.4 Å². The molecule has 2 aromatic rings. The summed E-state index contributed by atoms with van der Waals surface area (Å²) in [6.07, 6.45) is -0.612. The maximum absolute atomic E-state index is 13.5. The molecule has 0 fully saturated rings. The van der Waals surface area contributed by atoms with Gasteiger partial charge in [-0.2, -0.15) is 0 Å². The number of rotatable bonds is 3. The Morgan fingerprint density at radius 2 is 1.79 bits per heavy atom. The number of aliphatic hydroxyl groups is 1. The third kappa shape index (κ3) is 3.47. The van der Waals surface area contributed by atoms with Gasteiger partial charge in [-0.05, 0) is 36.8 Å². The molecule has 0 aromatic heterocycles. The zero-order valence-electron chi connectivity index (χ0n) is 10.0. The van der Waals surface area contributed by atoms with Crippen molar-refractivity contribution in [3.8, 4) is 0 Å². The molecule has 2 rings (SSSR count). The zero-order valence-corrected chi connectivity index (χ0v) is 11.6. The third-order valence-electron chi connectivity index (χ3n) is 2.55. The molecule has 0 saturated carbocycles. The van der Waals surface area contributed by atoms with E-state index >= 15 is 0 Å². The fraction of sp³-hybridized carbons (Fsp3) is 0.143. The van der Waals surface area contributed by atoms with Gasteiger partial charge < -0.3 is 5.11 Å². The second kappa shape index (κ2) is 5.90. The van der Waals surface area contributed by atoms with Gasteiger partial charge in [-0.25, -0.2) is 8.78 Å². The van der Waals surface area contributed by atoms with Crippen LogP contribution in [-0.2, 0) is 0 Å². The summed E-state index contributed by atoms with van der Waals surface area (Å²) in [7, 11) is 0. The summed E-state index contributed by atoms with van der Waals surface area (Å²) in [5.41, 5.74) is 0.689. The van der Waals surface area contributed by atoms with Gasteiger partial charge in [-0.3, -0.25) is 0 Å². The fourth-order valence-corrected chi connectivity index (χ4v) is 2.66. The Morgan fingerprint density at radius 1 is 1.11 bits per heavy atom. The number of hydrogen-bond acceptors (Lipinski definition) is 2. The van der Waals surface area contributed by atoms with E-state index in [-0.39, 0.29) is 0 Å². The molecule has 0 bridgehead atoms. The molecule has 1 atom stereocenters. The van der Waals surface area contributed by atoms with Crippen molar-refractivity contribution in [2.24, 2.45) is 0 Å². The highest BCUT2D eigenvalue weighted by atomic mass is 35.5. The van der Waals surface area contributed by atoms with Crippen molar-refractivity contribution >= 4 is 23.4 Å². The summed E-state index contributed by atoms with van der Waals surface area (Å²) in [4.78, 5) is 0.949. The van der Waals surface area contributed by atoms with E-state index in [4.69, 9.17) is 11.6 Å². The van der Waals surface area contributed by atoms with E-state index in [0.29, 0.717) is 20.4 Å². The van der Waals surface area contributed by atoms with E-state index in [0.717, 1.165) is 17.8 Å². The number of aliphatic hydroxyl groups excluding tert-OH is 1. The Bertz CT molecular complexity index is 602. The molecule has 0 aliphatic heterocycles. The van der Waals surface area contributed by atoms with Gasteiger partial charge in [0.05, 0.1) is 11.1 Å². The Labute approximate surface area is 119 Å². The highest BCUT2D eigenvalue weighted by Crippen LogP contribution is 2.36. The monoisotopic (exact) mass is 300 g/mol. The van der Waals surface area contributed by atoms with Crippen LogP contribution in [0.2, 0.25) is 5.02 Å². The average molecular weight is 301 g/mol. The Kier molecular flexibility index (Phi) is 4.45. The molecule has 100 valence electrons. The molecule has 1 N–H and O–H groups in total. The first kappa shape index (κ1) is 14.3. The second-order valence-corrected chi connectivity index (χ2v) is 5.53. The summed E-state index contributed by atoms with van der Waals surface area (Å²) in [6, 6.07) is 8.46. The lowest BCUT2D eigenvalue weighted by Gasteiger charge is -2.09. The smallest absolute Gasteiger partial charge is 0.140 e. The van der Waals surface area contributed by atoms with Gasteiger partial charge in [0.25, 0.3) is 0 Å². The Morgan fingerprint density at radius 3 is 2.37 bits per heavy atom. The minimum absolute atomic E-state index is 0.299. The van der Waals surface area contributed by atoms with E-state index in [1.54, 1.807) is 25.1 Å². The Balaban J connectivity index is 2.28. The predicted molar refractivity (Wildman–Crippen MR) is 72.6 cm³/mol. The average Bonchev–Trinajstić information content (AvgIpc) is 2.34. The molecule has 0 saturated heterocycles. The number of halogens is 3. The SMILES string of the molecule is C[C@@H](O)c1ccc(Sc2ccc(F)cc2F)c(Cl)c1. The summed E-state index contributed by atoms with van der Waals surface area (Å²) in [5, 5.41) is 9.86. The molecule has 2 aromatic carbocycles. The van der Waals surface area contributed by atoms with Crippen LogP contribution in [0.25, 0.3) is 0 Å². The minimum Gasteiger partial charge on any atom is -0.389 e. The first-order valence-electron chi connectivity index (χ1n) is 5.58. The zero-order chi connectivity index (χ0) is 14.0. The molecule has 1 nitrogen and oxygen atoms in total. The molecule has 0 unspecified atom stereocenters. The summed E-state index contributed by atoms with van der Waals surface area (Å²) in [6.45, 7) is 1.64. The lowest BCUT2D eigenvalue weighted by atomic mass is 10.1. The quantitative estimate of drug-likeness (QED) is 0.876. The van der Waals surface area contributed by atoms with Crippen molar-refractivity contribution in [2.45, 2.75) is 22.8 Å². The molecular formula is C14H11ClF2OS. The summed E-state index contributed by atoms with van der Waals surface area (Å²) in [5.74, 6) is -1.24. The van der Waals surface area contributed by atoms with Crippen LogP contribution in [0, 0.1) is 11.6 Å². The van der Waals surface area contributed by atoms with Crippen molar-refractivity contribution in [3.63, 3.8) is 0 Å². The molecule has 0 radical (unpaired) electrons. The first-order valence-corrected chi connectivity index (χ1v) is 6.77. The largest absolute Gasteiger partial charge is 0.389 e. The van der Waals surface area contributed by atoms with E-state index in [1.807, 2.05) is 0 Å². The second-order valence-electron chi connectivity index (χ2n) is 4.04. The van der Waals surface area contributed by atoms with Gasteiger partial charge in [0.15, 0.2) is 0 Å². The minimum atomic E-state index is -0.624. The standard InChI is InChI=1S/C14H11ClF2OS/c1-8(18)9-2-4-13(11(15)6-9)19-14-5-3-10(16)7-12(14)17/h2-8,18H,1H3/t8-/m1/s1. The van der Waals surface area contributed by atoms with E-state index in [2.05, 4.69) is 0 Å². The van der Waals surface area contributed by atoms with E-state index in [1.165, 1.54) is 12.1 Å². The van der Waals surface area contributed by atoms with Crippen molar-refractivity contribution in [1.29, 1.82) is 0 Å². The maximum atomic E-state index is 13.5. The Hall–Kier alpha value is -1.10. The molecule has 0 aliphatic carbocycles. The van der Waals surface area contributed by atoms with Gasteiger partial charge in [0, 0.05) is 15.9 Å². The van der Waals surface area contributed by atoms with E-state index < -0.39 is 17.7 Å². The molecule has 19 heavy (non-hydrogen) atoms. The van der Waals surface area contributed by atoms with Crippen LogP contribution in [0.3, 0.4) is 0 Å². The lowest BCUT2D eigenvalue weighted by Crippen LogP contribution is -1.91. The number of benzene rings is 2. The van der Waals surface area contributed by atoms with Crippen LogP contribution in [0.1, 0.15) is 18.6 Å². The van der Waals surface area contributed by atoms with Crippen molar-refractivity contribution in [2.75, 3.05) is 0 Å². The van der Waals surface area contributed by atoms with Gasteiger partial charge in [0.2, 0.25) is 0 Å². The van der Waals surface area contributed by atoms with Crippen LogP contribution in [-0.4, -0.2) is 5.11 Å². The van der Waals surface area contributed by atoms with Gasteiger partial charge >= 0.3 is 0 Å². The summed E-state index contributed by atoms with van der Waals surface area (Å²) < 4.78 is 26.3. The van der Waals surface area contributed by atoms with Crippen LogP contribution < -0.4 is 0 Å². The van der Waals surface area contributed by atoms with Gasteiger partial charge in [-0.1, -0.05) is 29.4 Å². The topological polar surface area (TPSA) is 20.2 Å². The van der Waals surface area contributed by atoms with Crippen LogP contribution in [0.5, 0.6) is 0 Å². The van der Waals surface area contributed by atoms with Crippen LogP contribution in [0.15, 0.2) is 46.2 Å². The molecule has 5 heteroatoms. The van der Waals surface area contributed by atoms with Gasteiger partial charge in [0.1, 0.15) is 11.6 Å². The molecule has 0 aliphatic rings. The highest BCUT2D eigenvalue weighted by molar-refractivity contribution is 7.99. The molecule has 0 amide bonds. The maximum Gasteiger partial charge on any atom is 0.140 e. The molecular weight excluding hydrogens is 290 g/mol. The highest BCUT2D eigenvalue weighted by Gasteiger charge is 2.10. The predicted octanol–water partition coefficient (Wildman–Crippen LogP) is 4.82. The lowest BCUT2D eigenvalue weighted by molar-refractivity contribution is 0.199. The molecule has 0 spiro atoms. The molecule has 0 heterocycles. The summed E-state index contributed by atoms with van der Waals surface area (Å²) >= 11 is 7.19. The van der Waals surface area contributed by atoms with Crippen molar-refractivity contribution in [3.05, 3.63) is 58.6 Å². The normalized spacial score (nSPS) is 12.5. The van der Waals surface area contributed by atoms with Crippen LogP contribution in [0.4, 0.5) is 8.78 Å². The van der Waals surface area contributed by atoms with Crippen molar-refractivity contribution < 1.29 is 13.9 Å². The van der Waals surface area contributed by atoms with Crippen molar-refractivity contribution in [1.82, 2.24) is 0 Å². The third-order valence-corrected chi connectivity index (χ3v) is 4.10. The van der Waals surface area contributed by atoms with E-state index in [9.17, 15) is 13.9 Å².